The summed E-state index contributed by atoms with van der Waals surface area (Å²) in [5.74, 6) is 0.533. The summed E-state index contributed by atoms with van der Waals surface area (Å²) in [7, 11) is 0. The fraction of sp³-hybridized carbons (Fsp3) is 0. The predicted octanol–water partition coefficient (Wildman–Crippen LogP) is 2.06. The highest BCUT2D eigenvalue weighted by Crippen LogP contribution is 2.10. The van der Waals surface area contributed by atoms with E-state index < -0.39 is 0 Å². The number of nitrogens with two attached hydrogens (primary N) is 1. The highest BCUT2D eigenvalue weighted by Gasteiger charge is 1.92. The van der Waals surface area contributed by atoms with Crippen LogP contribution >= 0.6 is 24.8 Å². The van der Waals surface area contributed by atoms with Crippen molar-refractivity contribution in [3.8, 4) is 0 Å². The van der Waals surface area contributed by atoms with Crippen LogP contribution in [0.2, 0.25) is 0 Å². The van der Waals surface area contributed by atoms with Crippen LogP contribution in [-0.4, -0.2) is 9.97 Å². The molecule has 0 aromatic carbocycles. The van der Waals surface area contributed by atoms with Crippen molar-refractivity contribution in [2.45, 2.75) is 0 Å². The molecule has 70 valence electrons. The Morgan fingerprint density at radius 2 is 1.92 bits per heavy atom. The summed E-state index contributed by atoms with van der Waals surface area (Å²) in [6, 6.07) is 5.64. The van der Waals surface area contributed by atoms with Gasteiger partial charge in [0.25, 0.3) is 0 Å². The van der Waals surface area contributed by atoms with Gasteiger partial charge in [0.1, 0.15) is 5.82 Å². The molecule has 3 nitrogen and oxygen atoms in total. The normalized spacial score (nSPS) is 8.62. The van der Waals surface area contributed by atoms with E-state index in [9.17, 15) is 0 Å². The van der Waals surface area contributed by atoms with E-state index in [2.05, 4.69) is 9.97 Å². The van der Waals surface area contributed by atoms with Crippen molar-refractivity contribution < 1.29 is 0 Å². The van der Waals surface area contributed by atoms with Gasteiger partial charge in [0.05, 0.1) is 11.7 Å². The molecule has 2 aromatic rings. The number of aromatic nitrogens is 2. The van der Waals surface area contributed by atoms with E-state index in [0.29, 0.717) is 5.82 Å². The van der Waals surface area contributed by atoms with E-state index in [-0.39, 0.29) is 24.8 Å². The summed E-state index contributed by atoms with van der Waals surface area (Å²) in [5.41, 5.74) is 6.36. The van der Waals surface area contributed by atoms with E-state index in [1.807, 2.05) is 18.2 Å². The maximum atomic E-state index is 5.48. The fourth-order valence-electron chi connectivity index (χ4n) is 0.992. The summed E-state index contributed by atoms with van der Waals surface area (Å²) in [6.45, 7) is 0. The van der Waals surface area contributed by atoms with Crippen molar-refractivity contribution in [3.63, 3.8) is 0 Å². The topological polar surface area (TPSA) is 51.8 Å². The molecule has 2 N–H and O–H groups in total. The van der Waals surface area contributed by atoms with Crippen molar-refractivity contribution in [1.82, 2.24) is 9.97 Å². The minimum atomic E-state index is 0. The predicted molar refractivity (Wildman–Crippen MR) is 58.4 cm³/mol. The molecular formula is C8H9Cl2N3. The molecule has 13 heavy (non-hydrogen) atoms. The number of pyridine rings is 2. The molecule has 5 heteroatoms. The number of hydrogen-bond acceptors (Lipinski definition) is 3. The van der Waals surface area contributed by atoms with Gasteiger partial charge in [-0.25, -0.2) is 4.98 Å². The smallest absolute Gasteiger partial charge is 0.124 e. The zero-order valence-corrected chi connectivity index (χ0v) is 8.31. The van der Waals surface area contributed by atoms with Crippen LogP contribution in [0.5, 0.6) is 0 Å². The number of fused-ring (bicyclic) bond motifs is 1. The molecule has 0 aliphatic carbocycles. The summed E-state index contributed by atoms with van der Waals surface area (Å²) in [5, 5.41) is 1.03. The van der Waals surface area contributed by atoms with Crippen LogP contribution in [0.15, 0.2) is 30.6 Å². The summed E-state index contributed by atoms with van der Waals surface area (Å²) >= 11 is 0. The SMILES string of the molecule is Cl.Cl.Nc1cc2cccnc2cn1. The molecule has 2 rings (SSSR count). The lowest BCUT2D eigenvalue weighted by Gasteiger charge is -1.95. The Bertz CT molecular complexity index is 392. The summed E-state index contributed by atoms with van der Waals surface area (Å²) in [6.07, 6.45) is 3.41. The Labute approximate surface area is 88.2 Å². The fourth-order valence-corrected chi connectivity index (χ4v) is 0.992. The van der Waals surface area contributed by atoms with Gasteiger partial charge < -0.3 is 5.73 Å². The molecule has 0 aliphatic heterocycles. The van der Waals surface area contributed by atoms with E-state index in [1.54, 1.807) is 12.4 Å². The zero-order valence-electron chi connectivity index (χ0n) is 6.68. The Morgan fingerprint density at radius 1 is 1.15 bits per heavy atom. The summed E-state index contributed by atoms with van der Waals surface area (Å²) in [4.78, 5) is 8.03. The maximum absolute atomic E-state index is 5.48. The number of rotatable bonds is 0. The standard InChI is InChI=1S/C8H7N3.2ClH/c9-8-4-6-2-1-3-10-7(6)5-11-8;;/h1-5H,(H2,9,11);2*1H. The van der Waals surface area contributed by atoms with E-state index in [0.717, 1.165) is 10.9 Å². The third-order valence-corrected chi connectivity index (χ3v) is 1.51. The van der Waals surface area contributed by atoms with Crippen LogP contribution in [0.25, 0.3) is 10.9 Å². The van der Waals surface area contributed by atoms with Gasteiger partial charge in [-0.05, 0) is 12.1 Å². The van der Waals surface area contributed by atoms with Crippen molar-refractivity contribution in [1.29, 1.82) is 0 Å². The van der Waals surface area contributed by atoms with Gasteiger partial charge in [-0.3, -0.25) is 4.98 Å². The molecule has 2 aromatic heterocycles. The van der Waals surface area contributed by atoms with E-state index >= 15 is 0 Å². The van der Waals surface area contributed by atoms with Gasteiger partial charge in [-0.15, -0.1) is 24.8 Å². The van der Waals surface area contributed by atoms with Gasteiger partial charge in [0.2, 0.25) is 0 Å². The molecule has 0 saturated heterocycles. The van der Waals surface area contributed by atoms with Crippen LogP contribution in [0.1, 0.15) is 0 Å². The lowest BCUT2D eigenvalue weighted by atomic mass is 10.2. The van der Waals surface area contributed by atoms with Crippen LogP contribution in [0, 0.1) is 0 Å². The lowest BCUT2D eigenvalue weighted by molar-refractivity contribution is 1.32. The Hall–Kier alpha value is -1.06. The Balaban J connectivity index is 0.000000720. The molecule has 0 saturated carbocycles. The maximum Gasteiger partial charge on any atom is 0.124 e. The lowest BCUT2D eigenvalue weighted by Crippen LogP contribution is -1.89. The number of nitrogen functional groups attached to an aromatic ring is 1. The van der Waals surface area contributed by atoms with Gasteiger partial charge in [0.15, 0.2) is 0 Å². The minimum Gasteiger partial charge on any atom is -0.384 e. The van der Waals surface area contributed by atoms with Crippen molar-refractivity contribution in [2.24, 2.45) is 0 Å². The third kappa shape index (κ3) is 2.44. The molecular weight excluding hydrogens is 209 g/mol. The second-order valence-electron chi connectivity index (χ2n) is 2.31. The minimum absolute atomic E-state index is 0. The Morgan fingerprint density at radius 3 is 2.69 bits per heavy atom. The molecule has 0 aliphatic rings. The monoisotopic (exact) mass is 217 g/mol. The van der Waals surface area contributed by atoms with Crippen LogP contribution < -0.4 is 5.73 Å². The van der Waals surface area contributed by atoms with Gasteiger partial charge in [-0.2, -0.15) is 0 Å². The average molecular weight is 218 g/mol. The van der Waals surface area contributed by atoms with Gasteiger partial charge in [-0.1, -0.05) is 6.07 Å². The second-order valence-corrected chi connectivity index (χ2v) is 2.31. The molecule has 0 radical (unpaired) electrons. The number of hydrogen-bond donors (Lipinski definition) is 1. The quantitative estimate of drug-likeness (QED) is 0.736. The van der Waals surface area contributed by atoms with Crippen molar-refractivity contribution >= 4 is 41.5 Å². The largest absolute Gasteiger partial charge is 0.384 e. The van der Waals surface area contributed by atoms with Crippen LogP contribution in [-0.2, 0) is 0 Å². The number of anilines is 1. The third-order valence-electron chi connectivity index (χ3n) is 1.51. The number of nitrogens with zero attached hydrogens (tertiary/aromatic N) is 2. The van der Waals surface area contributed by atoms with Gasteiger partial charge >= 0.3 is 0 Å². The molecule has 0 amide bonds. The van der Waals surface area contributed by atoms with Crippen LogP contribution in [0.4, 0.5) is 5.82 Å². The number of halogens is 2. The molecule has 0 fully saturated rings. The van der Waals surface area contributed by atoms with Crippen molar-refractivity contribution in [3.05, 3.63) is 30.6 Å². The Kier molecular flexibility index (Phi) is 4.45. The van der Waals surface area contributed by atoms with Gasteiger partial charge in [0, 0.05) is 11.6 Å². The summed E-state index contributed by atoms with van der Waals surface area (Å²) < 4.78 is 0. The molecule has 2 heterocycles. The molecule has 0 bridgehead atoms. The van der Waals surface area contributed by atoms with Crippen molar-refractivity contribution in [2.75, 3.05) is 5.73 Å². The first kappa shape index (κ1) is 11.9. The molecule has 0 unspecified atom stereocenters. The first-order valence-electron chi connectivity index (χ1n) is 3.32. The average Bonchev–Trinajstić information content (AvgIpc) is 2.04. The molecule has 0 spiro atoms. The van der Waals surface area contributed by atoms with E-state index in [4.69, 9.17) is 5.73 Å². The zero-order chi connectivity index (χ0) is 7.68. The first-order chi connectivity index (χ1) is 5.36. The highest BCUT2D eigenvalue weighted by atomic mass is 35.5. The first-order valence-corrected chi connectivity index (χ1v) is 3.32. The highest BCUT2D eigenvalue weighted by molar-refractivity contribution is 5.85. The van der Waals surface area contributed by atoms with Crippen LogP contribution in [0.3, 0.4) is 0 Å². The van der Waals surface area contributed by atoms with E-state index in [1.165, 1.54) is 0 Å². The molecule has 0 atom stereocenters. The second kappa shape index (κ2) is 4.84.